The molecular weight excluding hydrogens is 514 g/mol. The second kappa shape index (κ2) is 13.1. The van der Waals surface area contributed by atoms with Crippen molar-refractivity contribution >= 4 is 36.0 Å². The predicted molar refractivity (Wildman–Crippen MR) is 143 cm³/mol. The van der Waals surface area contributed by atoms with Gasteiger partial charge in [0.15, 0.2) is 30.2 Å². The molecule has 2 aromatic carbocycles. The number of guanidine groups is 1. The maximum atomic E-state index is 12.0. The number of nitrogens with one attached hydrogen (secondary N) is 2. The van der Waals surface area contributed by atoms with E-state index in [0.717, 1.165) is 11.3 Å². The van der Waals surface area contributed by atoms with Crippen molar-refractivity contribution in [1.82, 2.24) is 5.32 Å². The third-order valence-electron chi connectivity index (χ3n) is 5.81. The van der Waals surface area contributed by atoms with Gasteiger partial charge in [0.2, 0.25) is 0 Å². The molecule has 2 heterocycles. The van der Waals surface area contributed by atoms with Crippen LogP contribution in [0.15, 0.2) is 65.7 Å². The number of carbonyl (C=O) groups excluding carboxylic acids is 2. The van der Waals surface area contributed by atoms with E-state index in [9.17, 15) is 9.59 Å². The third kappa shape index (κ3) is 7.91. The van der Waals surface area contributed by atoms with Gasteiger partial charge in [0, 0.05) is 19.5 Å². The summed E-state index contributed by atoms with van der Waals surface area (Å²) in [5.74, 6) is -1.41. The van der Waals surface area contributed by atoms with Gasteiger partial charge in [-0.25, -0.2) is 4.99 Å². The first kappa shape index (κ1) is 29.4. The summed E-state index contributed by atoms with van der Waals surface area (Å²) in [5, 5.41) is 6.60. The maximum absolute atomic E-state index is 12.0. The molecule has 10 nitrogen and oxygen atoms in total. The summed E-state index contributed by atoms with van der Waals surface area (Å²) in [7, 11) is 0. The van der Waals surface area contributed by atoms with Crippen LogP contribution < -0.4 is 10.6 Å². The number of halogens is 1. The van der Waals surface area contributed by atoms with Gasteiger partial charge in [-0.1, -0.05) is 48.5 Å². The molecule has 0 radical (unpaired) electrons. The molecule has 0 aromatic heterocycles. The Hall–Kier alpha value is -3.18. The van der Waals surface area contributed by atoms with Crippen molar-refractivity contribution in [2.75, 3.05) is 11.9 Å². The van der Waals surface area contributed by atoms with Gasteiger partial charge in [-0.2, -0.15) is 0 Å². The molecule has 2 fully saturated rings. The maximum Gasteiger partial charge on any atom is 0.303 e. The van der Waals surface area contributed by atoms with Gasteiger partial charge in [0.25, 0.3) is 0 Å². The molecule has 0 unspecified atom stereocenters. The zero-order valence-corrected chi connectivity index (χ0v) is 22.6. The molecule has 4 rings (SSSR count). The number of nitrogens with zero attached hydrogens (tertiary/aromatic N) is 1. The van der Waals surface area contributed by atoms with Crippen LogP contribution in [0.2, 0.25) is 0 Å². The van der Waals surface area contributed by atoms with Crippen LogP contribution >= 0.6 is 12.4 Å². The van der Waals surface area contributed by atoms with E-state index in [1.807, 2.05) is 60.7 Å². The lowest BCUT2D eigenvalue weighted by atomic mass is 10.0. The van der Waals surface area contributed by atoms with Crippen molar-refractivity contribution in [2.24, 2.45) is 4.99 Å². The first-order valence-electron chi connectivity index (χ1n) is 12.2. The lowest BCUT2D eigenvalue weighted by molar-refractivity contribution is -0.222. The first-order chi connectivity index (χ1) is 17.7. The number of aliphatic imine (C=N–C) groups is 1. The molecule has 0 bridgehead atoms. The average Bonchev–Trinajstić information content (AvgIpc) is 3.33. The number of esters is 2. The summed E-state index contributed by atoms with van der Waals surface area (Å²) in [6.07, 6.45) is -2.95. The van der Waals surface area contributed by atoms with Gasteiger partial charge in [-0.15, -0.1) is 12.4 Å². The van der Waals surface area contributed by atoms with E-state index >= 15 is 0 Å². The number of carbonyl (C=O) groups is 2. The quantitative estimate of drug-likeness (QED) is 0.291. The van der Waals surface area contributed by atoms with Crippen LogP contribution in [0, 0.1) is 0 Å². The van der Waals surface area contributed by atoms with E-state index in [1.165, 1.54) is 13.8 Å². The van der Waals surface area contributed by atoms with Crippen LogP contribution in [0.25, 0.3) is 0 Å². The zero-order chi connectivity index (χ0) is 26.4. The highest BCUT2D eigenvalue weighted by molar-refractivity contribution is 5.93. The Balaban J connectivity index is 0.00000400. The second-order valence-corrected chi connectivity index (χ2v) is 9.34. The lowest BCUT2D eigenvalue weighted by Gasteiger charge is -2.31. The Kier molecular flexibility index (Phi) is 10.1. The Morgan fingerprint density at radius 1 is 1.00 bits per heavy atom. The smallest absolute Gasteiger partial charge is 0.303 e. The van der Waals surface area contributed by atoms with Crippen molar-refractivity contribution < 1.29 is 33.3 Å². The molecule has 11 heteroatoms. The van der Waals surface area contributed by atoms with Crippen molar-refractivity contribution in [1.29, 1.82) is 0 Å². The van der Waals surface area contributed by atoms with Crippen LogP contribution in [-0.2, 0) is 39.8 Å². The zero-order valence-electron chi connectivity index (χ0n) is 21.8. The number of fused-ring (bicyclic) bond motifs is 1. The second-order valence-electron chi connectivity index (χ2n) is 9.34. The number of hydrogen-bond acceptors (Lipinski definition) is 8. The van der Waals surface area contributed by atoms with Gasteiger partial charge < -0.3 is 34.3 Å². The molecule has 2 aliphatic rings. The minimum Gasteiger partial charge on any atom is -0.464 e. The van der Waals surface area contributed by atoms with E-state index in [4.69, 9.17) is 28.7 Å². The fourth-order valence-electron chi connectivity index (χ4n) is 4.29. The molecule has 0 amide bonds. The summed E-state index contributed by atoms with van der Waals surface area (Å²) in [6, 6.07) is 18.7. The van der Waals surface area contributed by atoms with Crippen molar-refractivity contribution in [3.8, 4) is 0 Å². The normalized spacial score (nSPS) is 24.5. The fourth-order valence-corrected chi connectivity index (χ4v) is 4.29. The average molecular weight is 548 g/mol. The SMILES string of the molecule is CC(=O)OC[C@H](NC(=NCc1ccccc1)Nc1ccccc1)[C@H]1O[C@@H]2OC(C)(C)O[C@@H]2[C@H]1OC(C)=O.Cl. The van der Waals surface area contributed by atoms with Gasteiger partial charge in [0.1, 0.15) is 12.7 Å². The topological polar surface area (TPSA) is 117 Å². The van der Waals surface area contributed by atoms with E-state index in [-0.39, 0.29) is 19.0 Å². The number of hydrogen-bond donors (Lipinski definition) is 2. The number of benzene rings is 2. The summed E-state index contributed by atoms with van der Waals surface area (Å²) >= 11 is 0. The molecule has 5 atom stereocenters. The number of para-hydroxylation sites is 1. The standard InChI is InChI=1S/C27H33N3O7.ClH/c1-17(31)33-16-21(22-23(34-18(2)32)24-25(35-22)37-27(3,4)36-24)30-26(29-20-13-9-6-10-14-20)28-15-19-11-7-5-8-12-19;/h5-14,21-25H,15-16H2,1-4H3,(H2,28,29,30);1H/t21-,22+,23-,24+,25+;/m0./s1. The fraction of sp³-hybridized carbons (Fsp3) is 0.444. The molecule has 2 aliphatic heterocycles. The molecule has 0 aliphatic carbocycles. The van der Waals surface area contributed by atoms with E-state index in [0.29, 0.717) is 12.5 Å². The van der Waals surface area contributed by atoms with Gasteiger partial charge >= 0.3 is 11.9 Å². The highest BCUT2D eigenvalue weighted by atomic mass is 35.5. The molecule has 0 saturated carbocycles. The first-order valence-corrected chi connectivity index (χ1v) is 12.2. The lowest BCUT2D eigenvalue weighted by Crippen LogP contribution is -2.54. The Labute approximate surface area is 228 Å². The Morgan fingerprint density at radius 2 is 1.66 bits per heavy atom. The van der Waals surface area contributed by atoms with Crippen molar-refractivity contribution in [3.63, 3.8) is 0 Å². The summed E-state index contributed by atoms with van der Waals surface area (Å²) < 4.78 is 29.1. The summed E-state index contributed by atoms with van der Waals surface area (Å²) in [6.45, 7) is 6.51. The van der Waals surface area contributed by atoms with Crippen LogP contribution in [0.1, 0.15) is 33.3 Å². The van der Waals surface area contributed by atoms with E-state index in [1.54, 1.807) is 13.8 Å². The molecule has 206 valence electrons. The van der Waals surface area contributed by atoms with Gasteiger partial charge in [-0.05, 0) is 31.5 Å². The highest BCUT2D eigenvalue weighted by Crippen LogP contribution is 2.39. The molecule has 0 spiro atoms. The molecular formula is C27H34ClN3O7. The van der Waals surface area contributed by atoms with Crippen LogP contribution in [-0.4, -0.2) is 60.9 Å². The van der Waals surface area contributed by atoms with E-state index < -0.39 is 48.4 Å². The Bertz CT molecular complexity index is 1100. The number of ether oxygens (including phenoxy) is 5. The Morgan fingerprint density at radius 3 is 2.29 bits per heavy atom. The van der Waals surface area contributed by atoms with Crippen LogP contribution in [0.3, 0.4) is 0 Å². The molecule has 2 aromatic rings. The number of anilines is 1. The minimum absolute atomic E-state index is 0. The summed E-state index contributed by atoms with van der Waals surface area (Å²) in [5.41, 5.74) is 1.82. The third-order valence-corrected chi connectivity index (χ3v) is 5.81. The van der Waals surface area contributed by atoms with Gasteiger partial charge in [0.05, 0.1) is 12.6 Å². The highest BCUT2D eigenvalue weighted by Gasteiger charge is 2.58. The molecule has 2 N–H and O–H groups in total. The largest absolute Gasteiger partial charge is 0.464 e. The van der Waals surface area contributed by atoms with Gasteiger partial charge in [-0.3, -0.25) is 9.59 Å². The predicted octanol–water partition coefficient (Wildman–Crippen LogP) is 3.41. The number of rotatable bonds is 8. The van der Waals surface area contributed by atoms with Crippen LogP contribution in [0.5, 0.6) is 0 Å². The van der Waals surface area contributed by atoms with Crippen LogP contribution in [0.4, 0.5) is 5.69 Å². The minimum atomic E-state index is -0.894. The molecule has 2 saturated heterocycles. The molecule has 38 heavy (non-hydrogen) atoms. The van der Waals surface area contributed by atoms with E-state index in [2.05, 4.69) is 10.6 Å². The van der Waals surface area contributed by atoms with Crippen molar-refractivity contribution in [2.45, 2.75) is 70.7 Å². The monoisotopic (exact) mass is 547 g/mol. The summed E-state index contributed by atoms with van der Waals surface area (Å²) in [4.78, 5) is 28.4. The van der Waals surface area contributed by atoms with Crippen molar-refractivity contribution in [3.05, 3.63) is 66.2 Å².